The first-order valence-electron chi connectivity index (χ1n) is 12.8. The number of nitrogens with zero attached hydrogens (tertiary/aromatic N) is 4. The average Bonchev–Trinajstić information content (AvgIpc) is 2.94. The summed E-state index contributed by atoms with van der Waals surface area (Å²) in [6, 6.07) is 26.2. The third-order valence-electron chi connectivity index (χ3n) is 6.62. The molecule has 1 fully saturated rings. The second-order valence-corrected chi connectivity index (χ2v) is 9.33. The Hall–Kier alpha value is -4.17. The Labute approximate surface area is 217 Å². The van der Waals surface area contributed by atoms with Gasteiger partial charge in [-0.1, -0.05) is 66.7 Å². The SMILES string of the molecule is NC1CCN(c2nc(NCCc3ccc(O)cc3)nc(NCc3ccccc3-c3ccccc3)n2)CC1. The zero-order chi connectivity index (χ0) is 25.5. The molecule has 1 aliphatic heterocycles. The largest absolute Gasteiger partial charge is 0.508 e. The maximum atomic E-state index is 9.51. The van der Waals surface area contributed by atoms with E-state index in [4.69, 9.17) is 15.7 Å². The molecule has 0 radical (unpaired) electrons. The molecule has 1 saturated heterocycles. The molecule has 0 aliphatic carbocycles. The number of anilines is 3. The Kier molecular flexibility index (Phi) is 7.76. The Morgan fingerprint density at radius 3 is 2.24 bits per heavy atom. The molecule has 8 nitrogen and oxygen atoms in total. The molecule has 190 valence electrons. The number of phenols is 1. The van der Waals surface area contributed by atoms with Crippen LogP contribution in [0.5, 0.6) is 5.75 Å². The summed E-state index contributed by atoms with van der Waals surface area (Å²) in [7, 11) is 0. The van der Waals surface area contributed by atoms with Crippen molar-refractivity contribution in [2.45, 2.75) is 31.8 Å². The highest BCUT2D eigenvalue weighted by atomic mass is 16.3. The molecule has 1 aliphatic rings. The highest BCUT2D eigenvalue weighted by molar-refractivity contribution is 5.67. The zero-order valence-corrected chi connectivity index (χ0v) is 20.8. The average molecular weight is 496 g/mol. The second-order valence-electron chi connectivity index (χ2n) is 9.33. The minimum Gasteiger partial charge on any atom is -0.508 e. The van der Waals surface area contributed by atoms with Gasteiger partial charge in [-0.2, -0.15) is 15.0 Å². The molecule has 5 N–H and O–H groups in total. The third-order valence-corrected chi connectivity index (χ3v) is 6.62. The van der Waals surface area contributed by atoms with Crippen molar-refractivity contribution in [2.24, 2.45) is 5.73 Å². The molecule has 3 aromatic carbocycles. The van der Waals surface area contributed by atoms with Crippen LogP contribution in [0.1, 0.15) is 24.0 Å². The number of aromatic hydroxyl groups is 1. The van der Waals surface area contributed by atoms with Gasteiger partial charge in [-0.3, -0.25) is 0 Å². The van der Waals surface area contributed by atoms with Crippen LogP contribution in [0, 0.1) is 0 Å². The van der Waals surface area contributed by atoms with Gasteiger partial charge in [0.1, 0.15) is 5.75 Å². The van der Waals surface area contributed by atoms with E-state index in [1.807, 2.05) is 18.2 Å². The number of phenolic OH excluding ortho intramolecular Hbond substituents is 1. The summed E-state index contributed by atoms with van der Waals surface area (Å²) in [5.74, 6) is 2.00. The molecule has 0 spiro atoms. The Balaban J connectivity index is 1.33. The van der Waals surface area contributed by atoms with E-state index in [1.165, 1.54) is 16.7 Å². The van der Waals surface area contributed by atoms with Crippen molar-refractivity contribution in [1.82, 2.24) is 15.0 Å². The first-order valence-corrected chi connectivity index (χ1v) is 12.8. The van der Waals surface area contributed by atoms with Crippen LogP contribution in [-0.2, 0) is 13.0 Å². The highest BCUT2D eigenvalue weighted by Gasteiger charge is 2.20. The van der Waals surface area contributed by atoms with Crippen LogP contribution in [0.4, 0.5) is 17.8 Å². The number of nitrogens with two attached hydrogens (primary N) is 1. The van der Waals surface area contributed by atoms with Crippen LogP contribution in [0.15, 0.2) is 78.9 Å². The van der Waals surface area contributed by atoms with Crippen molar-refractivity contribution in [3.05, 3.63) is 90.0 Å². The topological polar surface area (TPSA) is 112 Å². The number of benzene rings is 3. The maximum absolute atomic E-state index is 9.51. The van der Waals surface area contributed by atoms with E-state index in [9.17, 15) is 5.11 Å². The van der Waals surface area contributed by atoms with Crippen molar-refractivity contribution >= 4 is 17.8 Å². The number of hydrogen-bond donors (Lipinski definition) is 4. The molecule has 0 bridgehead atoms. The molecule has 4 aromatic rings. The molecule has 5 rings (SSSR count). The van der Waals surface area contributed by atoms with E-state index in [1.54, 1.807) is 12.1 Å². The molecular weight excluding hydrogens is 462 g/mol. The minimum atomic E-state index is 0.230. The summed E-state index contributed by atoms with van der Waals surface area (Å²) in [5.41, 5.74) is 10.8. The predicted octanol–water partition coefficient (Wildman–Crippen LogP) is 4.44. The Bertz CT molecular complexity index is 1290. The Morgan fingerprint density at radius 1 is 0.811 bits per heavy atom. The summed E-state index contributed by atoms with van der Waals surface area (Å²) in [5, 5.41) is 16.3. The van der Waals surface area contributed by atoms with Gasteiger partial charge in [0.2, 0.25) is 17.8 Å². The van der Waals surface area contributed by atoms with Crippen LogP contribution in [0.2, 0.25) is 0 Å². The van der Waals surface area contributed by atoms with Crippen molar-refractivity contribution in [1.29, 1.82) is 0 Å². The van der Waals surface area contributed by atoms with Gasteiger partial charge in [0.25, 0.3) is 0 Å². The predicted molar refractivity (Wildman–Crippen MR) is 149 cm³/mol. The smallest absolute Gasteiger partial charge is 0.231 e. The van der Waals surface area contributed by atoms with Crippen LogP contribution in [0.3, 0.4) is 0 Å². The fourth-order valence-corrected chi connectivity index (χ4v) is 4.49. The van der Waals surface area contributed by atoms with Gasteiger partial charge in [-0.05, 0) is 53.6 Å². The lowest BCUT2D eigenvalue weighted by Gasteiger charge is -2.30. The highest BCUT2D eigenvalue weighted by Crippen LogP contribution is 2.25. The summed E-state index contributed by atoms with van der Waals surface area (Å²) in [4.78, 5) is 16.3. The monoisotopic (exact) mass is 495 g/mol. The zero-order valence-electron chi connectivity index (χ0n) is 20.8. The molecule has 0 saturated carbocycles. The number of nitrogens with one attached hydrogen (secondary N) is 2. The summed E-state index contributed by atoms with van der Waals surface area (Å²) in [6.45, 7) is 2.91. The molecule has 1 aromatic heterocycles. The summed E-state index contributed by atoms with van der Waals surface area (Å²) < 4.78 is 0. The van der Waals surface area contributed by atoms with Gasteiger partial charge in [0.05, 0.1) is 0 Å². The van der Waals surface area contributed by atoms with Gasteiger partial charge in [-0.15, -0.1) is 0 Å². The van der Waals surface area contributed by atoms with Crippen LogP contribution < -0.4 is 21.3 Å². The lowest BCUT2D eigenvalue weighted by Crippen LogP contribution is -2.40. The van der Waals surface area contributed by atoms with E-state index in [0.717, 1.165) is 37.9 Å². The lowest BCUT2D eigenvalue weighted by atomic mass is 10.00. The minimum absolute atomic E-state index is 0.230. The molecule has 0 amide bonds. The fourth-order valence-electron chi connectivity index (χ4n) is 4.49. The first kappa shape index (κ1) is 24.5. The van der Waals surface area contributed by atoms with Crippen LogP contribution in [-0.4, -0.2) is 45.7 Å². The molecular formula is C29H33N7O. The van der Waals surface area contributed by atoms with Gasteiger partial charge in [0, 0.05) is 32.2 Å². The summed E-state index contributed by atoms with van der Waals surface area (Å²) in [6.07, 6.45) is 2.62. The van der Waals surface area contributed by atoms with E-state index >= 15 is 0 Å². The third kappa shape index (κ3) is 6.54. The maximum Gasteiger partial charge on any atom is 0.231 e. The number of rotatable bonds is 9. The van der Waals surface area contributed by atoms with E-state index in [2.05, 4.69) is 69.0 Å². The second kappa shape index (κ2) is 11.7. The molecule has 37 heavy (non-hydrogen) atoms. The number of aromatic nitrogens is 3. The molecule has 0 atom stereocenters. The van der Waals surface area contributed by atoms with Gasteiger partial charge in [0.15, 0.2) is 0 Å². The summed E-state index contributed by atoms with van der Waals surface area (Å²) >= 11 is 0. The number of hydrogen-bond acceptors (Lipinski definition) is 8. The van der Waals surface area contributed by atoms with Gasteiger partial charge in [-0.25, -0.2) is 0 Å². The molecule has 0 unspecified atom stereocenters. The van der Waals surface area contributed by atoms with E-state index in [0.29, 0.717) is 30.9 Å². The Morgan fingerprint density at radius 2 is 1.49 bits per heavy atom. The normalized spacial score (nSPS) is 13.9. The van der Waals surface area contributed by atoms with Crippen LogP contribution in [0.25, 0.3) is 11.1 Å². The molecule has 2 heterocycles. The molecule has 8 heteroatoms. The number of piperidine rings is 1. The van der Waals surface area contributed by atoms with E-state index < -0.39 is 0 Å². The van der Waals surface area contributed by atoms with Crippen molar-refractivity contribution < 1.29 is 5.11 Å². The van der Waals surface area contributed by atoms with Crippen LogP contribution >= 0.6 is 0 Å². The van der Waals surface area contributed by atoms with Crippen molar-refractivity contribution in [3.63, 3.8) is 0 Å². The lowest BCUT2D eigenvalue weighted by molar-refractivity contribution is 0.475. The van der Waals surface area contributed by atoms with Crippen molar-refractivity contribution in [2.75, 3.05) is 35.2 Å². The first-order chi connectivity index (χ1) is 18.1. The van der Waals surface area contributed by atoms with Crippen molar-refractivity contribution in [3.8, 4) is 16.9 Å². The van der Waals surface area contributed by atoms with Gasteiger partial charge >= 0.3 is 0 Å². The van der Waals surface area contributed by atoms with E-state index in [-0.39, 0.29) is 11.8 Å². The standard InChI is InChI=1S/C29H33N7O/c30-24-15-18-36(19-16-24)29-34-27(31-17-14-21-10-12-25(37)13-11-21)33-28(35-29)32-20-23-8-4-5-9-26(23)22-6-2-1-3-7-22/h1-13,24,37H,14-20,30H2,(H2,31,32,33,34,35). The van der Waals surface area contributed by atoms with Gasteiger partial charge < -0.3 is 26.4 Å². The quantitative estimate of drug-likeness (QED) is 0.270. The fraction of sp³-hybridized carbons (Fsp3) is 0.276.